The van der Waals surface area contributed by atoms with Gasteiger partial charge in [0.2, 0.25) is 0 Å². The van der Waals surface area contributed by atoms with Crippen molar-refractivity contribution in [2.75, 3.05) is 11.1 Å². The summed E-state index contributed by atoms with van der Waals surface area (Å²) in [7, 11) is 0. The van der Waals surface area contributed by atoms with E-state index in [9.17, 15) is 0 Å². The molecule has 15 heavy (non-hydrogen) atoms. The van der Waals surface area contributed by atoms with Gasteiger partial charge < -0.3 is 0 Å². The zero-order valence-corrected chi connectivity index (χ0v) is 12.1. The average Bonchev–Trinajstić information content (AvgIpc) is 2.81. The van der Waals surface area contributed by atoms with E-state index in [2.05, 4.69) is 33.4 Å². The van der Waals surface area contributed by atoms with Gasteiger partial charge in [-0.15, -0.1) is 23.1 Å². The Balaban J connectivity index is 1.89. The molecule has 1 fully saturated rings. The molecule has 1 saturated carbocycles. The Labute approximate surface area is 109 Å². The van der Waals surface area contributed by atoms with E-state index in [1.165, 1.54) is 47.4 Å². The molecule has 1 aliphatic rings. The van der Waals surface area contributed by atoms with Crippen molar-refractivity contribution < 1.29 is 0 Å². The molecule has 0 saturated heterocycles. The summed E-state index contributed by atoms with van der Waals surface area (Å²) in [6, 6.07) is 4.38. The normalized spacial score (nSPS) is 20.3. The van der Waals surface area contributed by atoms with Crippen LogP contribution < -0.4 is 0 Å². The quantitative estimate of drug-likeness (QED) is 0.545. The first kappa shape index (κ1) is 12.0. The summed E-state index contributed by atoms with van der Waals surface area (Å²) in [4.78, 5) is 0. The first-order chi connectivity index (χ1) is 7.35. The van der Waals surface area contributed by atoms with Crippen molar-refractivity contribution >= 4 is 39.0 Å². The Bertz CT molecular complexity index is 276. The highest BCUT2D eigenvalue weighted by Crippen LogP contribution is 2.42. The number of hydrogen-bond donors (Lipinski definition) is 0. The van der Waals surface area contributed by atoms with Gasteiger partial charge in [-0.05, 0) is 29.7 Å². The molecule has 0 radical (unpaired) electrons. The van der Waals surface area contributed by atoms with Gasteiger partial charge in [-0.1, -0.05) is 41.3 Å². The molecule has 2 rings (SSSR count). The fourth-order valence-electron chi connectivity index (χ4n) is 2.19. The molecule has 1 aromatic heterocycles. The molecule has 0 atom stereocenters. The van der Waals surface area contributed by atoms with Crippen molar-refractivity contribution in [3.8, 4) is 0 Å². The number of hydrogen-bond acceptors (Lipinski definition) is 2. The van der Waals surface area contributed by atoms with E-state index in [1.807, 2.05) is 23.1 Å². The number of halogens is 1. The van der Waals surface area contributed by atoms with Crippen LogP contribution >= 0.6 is 39.0 Å². The lowest BCUT2D eigenvalue weighted by Crippen LogP contribution is -2.28. The van der Waals surface area contributed by atoms with Gasteiger partial charge in [-0.25, -0.2) is 0 Å². The third kappa shape index (κ3) is 3.24. The van der Waals surface area contributed by atoms with Crippen LogP contribution in [-0.4, -0.2) is 11.1 Å². The van der Waals surface area contributed by atoms with E-state index in [-0.39, 0.29) is 0 Å². The zero-order chi connectivity index (χ0) is 10.6. The third-order valence-electron chi connectivity index (χ3n) is 3.21. The van der Waals surface area contributed by atoms with Crippen LogP contribution in [0, 0.1) is 5.41 Å². The van der Waals surface area contributed by atoms with E-state index in [0.717, 1.165) is 0 Å². The molecule has 0 nitrogen and oxygen atoms in total. The van der Waals surface area contributed by atoms with Gasteiger partial charge in [0.15, 0.2) is 0 Å². The molecule has 3 heteroatoms. The van der Waals surface area contributed by atoms with E-state index in [1.54, 1.807) is 0 Å². The molecular weight excluding hydrogens is 288 g/mol. The van der Waals surface area contributed by atoms with Gasteiger partial charge in [-0.2, -0.15) is 0 Å². The molecule has 0 bridgehead atoms. The van der Waals surface area contributed by atoms with Crippen LogP contribution in [0.5, 0.6) is 0 Å². The smallest absolute Gasteiger partial charge is 0.0598 e. The number of alkyl halides is 1. The van der Waals surface area contributed by atoms with E-state index >= 15 is 0 Å². The van der Waals surface area contributed by atoms with E-state index < -0.39 is 0 Å². The molecular formula is C12H17BrS2. The minimum atomic E-state index is 0.576. The summed E-state index contributed by atoms with van der Waals surface area (Å²) in [5.74, 6) is 1.29. The molecule has 0 aromatic carbocycles. The highest BCUT2D eigenvalue weighted by atomic mass is 79.9. The average molecular weight is 305 g/mol. The highest BCUT2D eigenvalue weighted by Gasteiger charge is 2.30. The molecule has 1 aliphatic carbocycles. The monoisotopic (exact) mass is 304 g/mol. The molecule has 0 spiro atoms. The van der Waals surface area contributed by atoms with Crippen molar-refractivity contribution in [3.63, 3.8) is 0 Å². The van der Waals surface area contributed by atoms with Gasteiger partial charge in [0, 0.05) is 11.1 Å². The Morgan fingerprint density at radius 1 is 1.33 bits per heavy atom. The van der Waals surface area contributed by atoms with Crippen LogP contribution in [0.15, 0.2) is 21.7 Å². The SMILES string of the molecule is BrCC1(CSc2cccs2)CCCCC1. The summed E-state index contributed by atoms with van der Waals surface area (Å²) in [6.07, 6.45) is 7.12. The van der Waals surface area contributed by atoms with Crippen molar-refractivity contribution in [2.24, 2.45) is 5.41 Å². The number of thioether (sulfide) groups is 1. The van der Waals surface area contributed by atoms with Gasteiger partial charge in [0.1, 0.15) is 0 Å². The minimum Gasteiger partial charge on any atom is -0.137 e. The standard InChI is InChI=1S/C12H17BrS2/c13-9-12(6-2-1-3-7-12)10-15-11-5-4-8-14-11/h4-5,8H,1-3,6-7,9-10H2. The van der Waals surface area contributed by atoms with Crippen LogP contribution in [0.4, 0.5) is 0 Å². The van der Waals surface area contributed by atoms with Crippen LogP contribution in [0.1, 0.15) is 32.1 Å². The number of thiophene rings is 1. The Morgan fingerprint density at radius 2 is 2.13 bits per heavy atom. The molecule has 0 aliphatic heterocycles. The van der Waals surface area contributed by atoms with Gasteiger partial charge in [-0.3, -0.25) is 0 Å². The molecule has 84 valence electrons. The first-order valence-electron chi connectivity index (χ1n) is 5.57. The topological polar surface area (TPSA) is 0 Å². The molecule has 0 unspecified atom stereocenters. The van der Waals surface area contributed by atoms with Crippen molar-refractivity contribution in [1.82, 2.24) is 0 Å². The van der Waals surface area contributed by atoms with Gasteiger partial charge in [0.25, 0.3) is 0 Å². The minimum absolute atomic E-state index is 0.576. The lowest BCUT2D eigenvalue weighted by molar-refractivity contribution is 0.260. The maximum absolute atomic E-state index is 3.72. The second kappa shape index (κ2) is 5.74. The number of rotatable bonds is 4. The second-order valence-corrected chi connectivity index (χ2v) is 7.20. The van der Waals surface area contributed by atoms with Crippen molar-refractivity contribution in [2.45, 2.75) is 36.3 Å². The predicted octanol–water partition coefficient (Wildman–Crippen LogP) is 5.19. The Kier molecular flexibility index (Phi) is 4.59. The Hall–Kier alpha value is 0.530. The fourth-order valence-corrected chi connectivity index (χ4v) is 5.29. The van der Waals surface area contributed by atoms with Crippen LogP contribution in [-0.2, 0) is 0 Å². The fraction of sp³-hybridized carbons (Fsp3) is 0.667. The maximum atomic E-state index is 3.72. The first-order valence-corrected chi connectivity index (χ1v) is 8.56. The van der Waals surface area contributed by atoms with Crippen molar-refractivity contribution in [3.05, 3.63) is 17.5 Å². The van der Waals surface area contributed by atoms with Crippen LogP contribution in [0.2, 0.25) is 0 Å². The largest absolute Gasteiger partial charge is 0.137 e. The third-order valence-corrected chi connectivity index (χ3v) is 6.88. The van der Waals surface area contributed by atoms with E-state index in [0.29, 0.717) is 5.41 Å². The predicted molar refractivity (Wildman–Crippen MR) is 74.4 cm³/mol. The molecule has 0 N–H and O–H groups in total. The van der Waals surface area contributed by atoms with Gasteiger partial charge >= 0.3 is 0 Å². The van der Waals surface area contributed by atoms with Crippen molar-refractivity contribution in [1.29, 1.82) is 0 Å². The summed E-state index contributed by atoms with van der Waals surface area (Å²) in [5.41, 5.74) is 0.576. The Morgan fingerprint density at radius 3 is 2.73 bits per heavy atom. The maximum Gasteiger partial charge on any atom is 0.0598 e. The van der Waals surface area contributed by atoms with Crippen LogP contribution in [0.25, 0.3) is 0 Å². The van der Waals surface area contributed by atoms with Gasteiger partial charge in [0.05, 0.1) is 4.21 Å². The second-order valence-electron chi connectivity index (χ2n) is 4.42. The lowest BCUT2D eigenvalue weighted by Gasteiger charge is -2.35. The molecule has 1 aromatic rings. The lowest BCUT2D eigenvalue weighted by atomic mass is 9.77. The summed E-state index contributed by atoms with van der Waals surface area (Å²) in [5, 5.41) is 3.35. The highest BCUT2D eigenvalue weighted by molar-refractivity contribution is 9.09. The summed E-state index contributed by atoms with van der Waals surface area (Å²) < 4.78 is 1.47. The van der Waals surface area contributed by atoms with Crippen LogP contribution in [0.3, 0.4) is 0 Å². The zero-order valence-electron chi connectivity index (χ0n) is 8.88. The van der Waals surface area contributed by atoms with E-state index in [4.69, 9.17) is 0 Å². The molecule has 0 amide bonds. The molecule has 1 heterocycles. The summed E-state index contributed by atoms with van der Waals surface area (Å²) >= 11 is 7.64. The summed E-state index contributed by atoms with van der Waals surface area (Å²) in [6.45, 7) is 0.